The number of amides is 1. The van der Waals surface area contributed by atoms with Crippen molar-refractivity contribution in [3.63, 3.8) is 0 Å². The number of allylic oxidation sites excluding steroid dienone is 3. The summed E-state index contributed by atoms with van der Waals surface area (Å²) in [7, 11) is 4.15. The molecule has 7 heteroatoms. The highest BCUT2D eigenvalue weighted by atomic mass is 35.5. The Morgan fingerprint density at radius 1 is 1.22 bits per heavy atom. The monoisotopic (exact) mass is 454 g/mol. The molecule has 0 aliphatic rings. The minimum absolute atomic E-state index is 0.246. The first-order chi connectivity index (χ1) is 15.3. The van der Waals surface area contributed by atoms with Gasteiger partial charge in [0.15, 0.2) is 0 Å². The van der Waals surface area contributed by atoms with Crippen molar-refractivity contribution in [3.8, 4) is 11.6 Å². The number of hydrogen-bond acceptors (Lipinski definition) is 5. The number of likely N-dealkylation sites (N-methyl/N-ethyl adjacent to an activating group) is 1. The van der Waals surface area contributed by atoms with Crippen LogP contribution in [0.3, 0.4) is 0 Å². The number of pyridine rings is 1. The Bertz CT molecular complexity index is 951. The van der Waals surface area contributed by atoms with Crippen LogP contribution < -0.4 is 15.4 Å². The summed E-state index contributed by atoms with van der Waals surface area (Å²) in [6, 6.07) is 10.6. The van der Waals surface area contributed by atoms with E-state index in [1.54, 1.807) is 42.5 Å². The van der Waals surface area contributed by atoms with E-state index in [1.807, 2.05) is 19.1 Å². The highest BCUT2D eigenvalue weighted by Crippen LogP contribution is 2.21. The van der Waals surface area contributed by atoms with Gasteiger partial charge in [0.05, 0.1) is 5.02 Å². The first-order valence-electron chi connectivity index (χ1n) is 10.5. The second kappa shape index (κ2) is 12.7. The van der Waals surface area contributed by atoms with Gasteiger partial charge in [-0.2, -0.15) is 0 Å². The van der Waals surface area contributed by atoms with Crippen molar-refractivity contribution in [2.75, 3.05) is 20.6 Å². The number of aromatic nitrogens is 1. The van der Waals surface area contributed by atoms with Gasteiger partial charge in [-0.15, -0.1) is 0 Å². The van der Waals surface area contributed by atoms with E-state index in [9.17, 15) is 4.79 Å². The second-order valence-electron chi connectivity index (χ2n) is 7.40. The molecule has 6 nitrogen and oxygen atoms in total. The fourth-order valence-corrected chi connectivity index (χ4v) is 2.96. The van der Waals surface area contributed by atoms with Gasteiger partial charge in [0, 0.05) is 41.8 Å². The molecule has 2 rings (SSSR count). The van der Waals surface area contributed by atoms with Gasteiger partial charge >= 0.3 is 0 Å². The fourth-order valence-electron chi connectivity index (χ4n) is 2.85. The number of carbonyl (C=O) groups excluding carboxylic acids is 1. The second-order valence-corrected chi connectivity index (χ2v) is 7.84. The van der Waals surface area contributed by atoms with Crippen molar-refractivity contribution in [1.82, 2.24) is 20.5 Å². The molecule has 0 aliphatic heterocycles. The Labute approximate surface area is 195 Å². The zero-order valence-corrected chi connectivity index (χ0v) is 19.8. The molecule has 1 unspecified atom stereocenters. The number of nitrogens with zero attached hydrogens (tertiary/aromatic N) is 2. The SMILES string of the molecule is C=C(/C=C\C(=C/C)NCC(CC)N(C)C)NC(=O)c1ccc(Oc2ccc(Cl)cn2)cc1. The summed E-state index contributed by atoms with van der Waals surface area (Å²) >= 11 is 5.82. The van der Waals surface area contributed by atoms with Gasteiger partial charge in [-0.25, -0.2) is 4.98 Å². The Kier molecular flexibility index (Phi) is 9.98. The maximum atomic E-state index is 12.5. The molecule has 2 N–H and O–H groups in total. The third-order valence-corrected chi connectivity index (χ3v) is 5.06. The zero-order chi connectivity index (χ0) is 23.5. The average Bonchev–Trinajstić information content (AvgIpc) is 2.78. The van der Waals surface area contributed by atoms with Crippen LogP contribution in [0.5, 0.6) is 11.6 Å². The van der Waals surface area contributed by atoms with Crippen LogP contribution in [-0.2, 0) is 0 Å². The van der Waals surface area contributed by atoms with Crippen LogP contribution in [0, 0.1) is 0 Å². The maximum Gasteiger partial charge on any atom is 0.255 e. The third-order valence-electron chi connectivity index (χ3n) is 4.83. The molecule has 170 valence electrons. The highest BCUT2D eigenvalue weighted by molar-refractivity contribution is 6.30. The van der Waals surface area contributed by atoms with Gasteiger partial charge in [0.1, 0.15) is 5.75 Å². The topological polar surface area (TPSA) is 66.5 Å². The number of rotatable bonds is 11. The summed E-state index contributed by atoms with van der Waals surface area (Å²) in [5.41, 5.74) is 1.97. The Morgan fingerprint density at radius 3 is 2.50 bits per heavy atom. The van der Waals surface area contributed by atoms with E-state index in [0.717, 1.165) is 18.7 Å². The number of hydrogen-bond donors (Lipinski definition) is 2. The lowest BCUT2D eigenvalue weighted by Gasteiger charge is -2.23. The van der Waals surface area contributed by atoms with Gasteiger partial charge < -0.3 is 20.3 Å². The molecule has 0 bridgehead atoms. The van der Waals surface area contributed by atoms with Crippen molar-refractivity contribution >= 4 is 17.5 Å². The zero-order valence-electron chi connectivity index (χ0n) is 19.1. The lowest BCUT2D eigenvalue weighted by Crippen LogP contribution is -2.36. The minimum Gasteiger partial charge on any atom is -0.439 e. The molecule has 1 atom stereocenters. The molecule has 0 saturated heterocycles. The van der Waals surface area contributed by atoms with E-state index in [1.165, 1.54) is 6.20 Å². The first kappa shape index (κ1) is 25.2. The van der Waals surface area contributed by atoms with Crippen molar-refractivity contribution < 1.29 is 9.53 Å². The van der Waals surface area contributed by atoms with Crippen LogP contribution in [0.4, 0.5) is 0 Å². The molecule has 1 heterocycles. The van der Waals surface area contributed by atoms with Crippen LogP contribution in [0.2, 0.25) is 5.02 Å². The van der Waals surface area contributed by atoms with E-state index < -0.39 is 0 Å². The Hall–Kier alpha value is -3.09. The number of benzene rings is 1. The molecule has 0 aliphatic carbocycles. The first-order valence-corrected chi connectivity index (χ1v) is 10.8. The molecule has 0 radical (unpaired) electrons. The smallest absolute Gasteiger partial charge is 0.255 e. The largest absolute Gasteiger partial charge is 0.439 e. The Morgan fingerprint density at radius 2 is 1.94 bits per heavy atom. The fraction of sp³-hybridized carbons (Fsp3) is 0.280. The van der Waals surface area contributed by atoms with Crippen LogP contribution in [0.25, 0.3) is 0 Å². The quantitative estimate of drug-likeness (QED) is 0.459. The molecular formula is C25H31ClN4O2. The molecular weight excluding hydrogens is 424 g/mol. The van der Waals surface area contributed by atoms with Crippen LogP contribution in [-0.4, -0.2) is 42.5 Å². The molecule has 1 aromatic carbocycles. The lowest BCUT2D eigenvalue weighted by molar-refractivity contribution is 0.0967. The van der Waals surface area contributed by atoms with E-state index in [-0.39, 0.29) is 5.91 Å². The summed E-state index contributed by atoms with van der Waals surface area (Å²) in [4.78, 5) is 18.8. The molecule has 32 heavy (non-hydrogen) atoms. The van der Waals surface area contributed by atoms with E-state index >= 15 is 0 Å². The van der Waals surface area contributed by atoms with Crippen LogP contribution in [0.1, 0.15) is 30.6 Å². The summed E-state index contributed by atoms with van der Waals surface area (Å²) in [6.45, 7) is 8.90. The number of nitrogens with one attached hydrogen (secondary N) is 2. The number of halogens is 1. The van der Waals surface area contributed by atoms with Gasteiger partial charge in [0.2, 0.25) is 5.88 Å². The maximum absolute atomic E-state index is 12.5. The third kappa shape index (κ3) is 8.21. The highest BCUT2D eigenvalue weighted by Gasteiger charge is 2.09. The van der Waals surface area contributed by atoms with Gasteiger partial charge in [-0.1, -0.05) is 31.2 Å². The molecule has 2 aromatic rings. The lowest BCUT2D eigenvalue weighted by atomic mass is 10.2. The van der Waals surface area contributed by atoms with Gasteiger partial charge in [0.25, 0.3) is 5.91 Å². The summed E-state index contributed by atoms with van der Waals surface area (Å²) in [5, 5.41) is 6.75. The average molecular weight is 455 g/mol. The Balaban J connectivity index is 1.88. The molecule has 1 aromatic heterocycles. The van der Waals surface area contributed by atoms with Gasteiger partial charge in [-0.3, -0.25) is 4.79 Å². The van der Waals surface area contributed by atoms with Crippen molar-refractivity contribution in [3.05, 3.63) is 89.4 Å². The predicted octanol–water partition coefficient (Wildman–Crippen LogP) is 5.16. The van der Waals surface area contributed by atoms with Crippen molar-refractivity contribution in [2.45, 2.75) is 26.3 Å². The number of carbonyl (C=O) groups is 1. The van der Waals surface area contributed by atoms with Crippen LogP contribution in [0.15, 0.2) is 78.8 Å². The predicted molar refractivity (Wildman–Crippen MR) is 131 cm³/mol. The standard InChI is InChI=1S/C25H31ClN4O2/c1-6-21(27-17-22(7-2)30(4)5)12-8-18(3)29-25(31)19-9-13-23(14-10-19)32-24-15-11-20(26)16-28-24/h6,8-16,22,27H,3,7,17H2,1-2,4-5H3,(H,29,31)/b12-8-,21-6+. The molecule has 0 spiro atoms. The van der Waals surface area contributed by atoms with E-state index in [0.29, 0.717) is 34.0 Å². The number of ether oxygens (including phenoxy) is 1. The van der Waals surface area contributed by atoms with Crippen molar-refractivity contribution in [2.24, 2.45) is 0 Å². The molecule has 0 fully saturated rings. The minimum atomic E-state index is -0.246. The van der Waals surface area contributed by atoms with Crippen LogP contribution >= 0.6 is 11.6 Å². The van der Waals surface area contributed by atoms with Crippen molar-refractivity contribution in [1.29, 1.82) is 0 Å². The van der Waals surface area contributed by atoms with Gasteiger partial charge in [-0.05, 0) is 69.9 Å². The molecule has 0 saturated carbocycles. The summed E-state index contributed by atoms with van der Waals surface area (Å²) < 4.78 is 5.64. The summed E-state index contributed by atoms with van der Waals surface area (Å²) in [6.07, 6.45) is 8.24. The van der Waals surface area contributed by atoms with E-state index in [2.05, 4.69) is 48.1 Å². The molecule has 1 amide bonds. The normalized spacial score (nSPS) is 12.6. The van der Waals surface area contributed by atoms with E-state index in [4.69, 9.17) is 16.3 Å². The summed E-state index contributed by atoms with van der Waals surface area (Å²) in [5.74, 6) is 0.751.